The zero-order valence-corrected chi connectivity index (χ0v) is 15.5. The maximum absolute atomic E-state index is 12.1. The van der Waals surface area contributed by atoms with Gasteiger partial charge in [-0.1, -0.05) is 12.1 Å². The molecule has 0 radical (unpaired) electrons. The lowest BCUT2D eigenvalue weighted by Gasteiger charge is -2.17. The first kappa shape index (κ1) is 18.3. The molecule has 1 amide bonds. The van der Waals surface area contributed by atoms with E-state index >= 15 is 0 Å². The number of carbonyl (C=O) groups excluding carboxylic acids is 1. The van der Waals surface area contributed by atoms with Crippen LogP contribution in [0.5, 0.6) is 5.75 Å². The zero-order valence-electron chi connectivity index (χ0n) is 14.6. The third-order valence-corrected chi connectivity index (χ3v) is 6.21. The van der Waals surface area contributed by atoms with Gasteiger partial charge in [0.2, 0.25) is 15.9 Å². The van der Waals surface area contributed by atoms with Gasteiger partial charge in [-0.3, -0.25) is 9.10 Å². The van der Waals surface area contributed by atoms with Gasteiger partial charge in [0.1, 0.15) is 5.75 Å². The topological polar surface area (TPSA) is 75.7 Å². The van der Waals surface area contributed by atoms with E-state index in [9.17, 15) is 13.2 Å². The number of aryl methyl sites for hydroxylation is 1. The smallest absolute Gasteiger partial charge is 0.235 e. The molecule has 0 spiro atoms. The van der Waals surface area contributed by atoms with Gasteiger partial charge in [-0.25, -0.2) is 8.42 Å². The molecule has 0 aromatic heterocycles. The van der Waals surface area contributed by atoms with E-state index in [-0.39, 0.29) is 11.7 Å². The average molecular weight is 374 g/mol. The number of anilines is 2. The first-order valence-corrected chi connectivity index (χ1v) is 10.1. The molecule has 1 aliphatic heterocycles. The molecule has 1 saturated heterocycles. The minimum Gasteiger partial charge on any atom is -0.497 e. The second-order valence-corrected chi connectivity index (χ2v) is 8.20. The maximum Gasteiger partial charge on any atom is 0.235 e. The molecule has 1 aliphatic rings. The van der Waals surface area contributed by atoms with Crippen LogP contribution in [0.3, 0.4) is 0 Å². The lowest BCUT2D eigenvalue weighted by Crippen LogP contribution is -2.25. The van der Waals surface area contributed by atoms with Crippen LogP contribution in [0.4, 0.5) is 11.4 Å². The summed E-state index contributed by atoms with van der Waals surface area (Å²) in [7, 11) is -1.57. The number of amides is 1. The van der Waals surface area contributed by atoms with Crippen molar-refractivity contribution in [2.45, 2.75) is 19.3 Å². The molecule has 1 heterocycles. The number of ether oxygens (including phenoxy) is 1. The van der Waals surface area contributed by atoms with E-state index in [4.69, 9.17) is 4.74 Å². The number of nitrogens with one attached hydrogen (secondary N) is 1. The molecule has 138 valence electrons. The van der Waals surface area contributed by atoms with Crippen LogP contribution in [0.15, 0.2) is 48.5 Å². The second-order valence-electron chi connectivity index (χ2n) is 6.18. The van der Waals surface area contributed by atoms with Crippen molar-refractivity contribution in [1.82, 2.24) is 0 Å². The van der Waals surface area contributed by atoms with Gasteiger partial charge in [-0.05, 0) is 54.8 Å². The van der Waals surface area contributed by atoms with Crippen LogP contribution >= 0.6 is 0 Å². The van der Waals surface area contributed by atoms with Gasteiger partial charge in [-0.2, -0.15) is 0 Å². The molecule has 2 aromatic carbocycles. The number of carbonyl (C=O) groups is 1. The summed E-state index contributed by atoms with van der Waals surface area (Å²) < 4.78 is 30.4. The Labute approximate surface area is 153 Å². The van der Waals surface area contributed by atoms with Gasteiger partial charge in [0.25, 0.3) is 0 Å². The minimum absolute atomic E-state index is 0.0811. The number of benzene rings is 2. The molecule has 7 heteroatoms. The van der Waals surface area contributed by atoms with Gasteiger partial charge in [0, 0.05) is 18.7 Å². The molecule has 2 aromatic rings. The van der Waals surface area contributed by atoms with E-state index in [0.717, 1.165) is 11.3 Å². The van der Waals surface area contributed by atoms with Crippen molar-refractivity contribution in [2.24, 2.45) is 0 Å². The van der Waals surface area contributed by atoms with Crippen molar-refractivity contribution in [3.8, 4) is 5.75 Å². The first-order chi connectivity index (χ1) is 12.5. The third kappa shape index (κ3) is 4.35. The molecule has 6 nitrogen and oxygen atoms in total. The normalized spacial score (nSPS) is 15.7. The molecule has 0 atom stereocenters. The lowest BCUT2D eigenvalue weighted by molar-refractivity contribution is -0.116. The molecule has 1 N–H and O–H groups in total. The van der Waals surface area contributed by atoms with E-state index < -0.39 is 10.0 Å². The van der Waals surface area contributed by atoms with E-state index in [0.29, 0.717) is 37.2 Å². The van der Waals surface area contributed by atoms with Crippen LogP contribution in [0.1, 0.15) is 18.4 Å². The predicted molar refractivity (Wildman–Crippen MR) is 102 cm³/mol. The number of rotatable bonds is 6. The van der Waals surface area contributed by atoms with Crippen LogP contribution < -0.4 is 14.4 Å². The molecule has 0 aliphatic carbocycles. The summed E-state index contributed by atoms with van der Waals surface area (Å²) in [5.74, 6) is 0.900. The highest BCUT2D eigenvalue weighted by Gasteiger charge is 2.28. The van der Waals surface area contributed by atoms with Crippen LogP contribution in [0, 0.1) is 0 Å². The van der Waals surface area contributed by atoms with Crippen LogP contribution in [0.2, 0.25) is 0 Å². The number of sulfonamides is 1. The fourth-order valence-corrected chi connectivity index (χ4v) is 4.48. The summed E-state index contributed by atoms with van der Waals surface area (Å²) in [6.07, 6.45) is 1.65. The Morgan fingerprint density at radius 3 is 2.38 bits per heavy atom. The minimum atomic E-state index is -3.18. The monoisotopic (exact) mass is 374 g/mol. The van der Waals surface area contributed by atoms with Gasteiger partial charge >= 0.3 is 0 Å². The average Bonchev–Trinajstić information content (AvgIpc) is 3.00. The Bertz CT molecular complexity index is 861. The number of nitrogens with zero attached hydrogens (tertiary/aromatic N) is 1. The van der Waals surface area contributed by atoms with Gasteiger partial charge in [0.15, 0.2) is 0 Å². The Kier molecular flexibility index (Phi) is 5.46. The van der Waals surface area contributed by atoms with Gasteiger partial charge < -0.3 is 10.1 Å². The van der Waals surface area contributed by atoms with Crippen molar-refractivity contribution >= 4 is 27.3 Å². The molecule has 26 heavy (non-hydrogen) atoms. The SMILES string of the molecule is COc1ccc(CCC(=O)Nc2ccc(N3CCCS3(=O)=O)cc2)cc1. The second kappa shape index (κ2) is 7.78. The van der Waals surface area contributed by atoms with Gasteiger partial charge in [0.05, 0.1) is 18.6 Å². The molecule has 0 saturated carbocycles. The Morgan fingerprint density at radius 1 is 1.12 bits per heavy atom. The summed E-state index contributed by atoms with van der Waals surface area (Å²) in [6.45, 7) is 0.510. The molecule has 0 unspecified atom stereocenters. The summed E-state index contributed by atoms with van der Waals surface area (Å²) in [5, 5.41) is 2.84. The molecular formula is C19H22N2O4S. The van der Waals surface area contributed by atoms with Gasteiger partial charge in [-0.15, -0.1) is 0 Å². The predicted octanol–water partition coefficient (Wildman–Crippen LogP) is 2.81. The highest BCUT2D eigenvalue weighted by molar-refractivity contribution is 7.93. The van der Waals surface area contributed by atoms with Crippen molar-refractivity contribution < 1.29 is 17.9 Å². The largest absolute Gasteiger partial charge is 0.497 e. The van der Waals surface area contributed by atoms with E-state index in [2.05, 4.69) is 5.32 Å². The number of methoxy groups -OCH3 is 1. The molecule has 0 bridgehead atoms. The van der Waals surface area contributed by atoms with E-state index in [1.807, 2.05) is 24.3 Å². The van der Waals surface area contributed by atoms with Crippen molar-refractivity contribution in [2.75, 3.05) is 29.0 Å². The Morgan fingerprint density at radius 2 is 1.81 bits per heavy atom. The fourth-order valence-electron chi connectivity index (χ4n) is 2.91. The van der Waals surface area contributed by atoms with Crippen LogP contribution in [0.25, 0.3) is 0 Å². The fraction of sp³-hybridized carbons (Fsp3) is 0.316. The quantitative estimate of drug-likeness (QED) is 0.844. The number of hydrogen-bond acceptors (Lipinski definition) is 4. The molecule has 3 rings (SSSR count). The van der Waals surface area contributed by atoms with Crippen molar-refractivity contribution in [1.29, 1.82) is 0 Å². The lowest BCUT2D eigenvalue weighted by atomic mass is 10.1. The maximum atomic E-state index is 12.1. The van der Waals surface area contributed by atoms with E-state index in [1.165, 1.54) is 4.31 Å². The number of hydrogen-bond donors (Lipinski definition) is 1. The van der Waals surface area contributed by atoms with E-state index in [1.54, 1.807) is 31.4 Å². The first-order valence-electron chi connectivity index (χ1n) is 8.51. The summed E-state index contributed by atoms with van der Waals surface area (Å²) in [5.41, 5.74) is 2.36. The highest BCUT2D eigenvalue weighted by atomic mass is 32.2. The summed E-state index contributed by atoms with van der Waals surface area (Å²) >= 11 is 0. The highest BCUT2D eigenvalue weighted by Crippen LogP contribution is 2.25. The Hall–Kier alpha value is -2.54. The van der Waals surface area contributed by atoms with Crippen molar-refractivity contribution in [3.63, 3.8) is 0 Å². The molecule has 1 fully saturated rings. The van der Waals surface area contributed by atoms with Crippen LogP contribution in [-0.2, 0) is 21.2 Å². The van der Waals surface area contributed by atoms with Crippen LogP contribution in [-0.4, -0.2) is 33.7 Å². The Balaban J connectivity index is 1.54. The standard InChI is InChI=1S/C19H22N2O4S/c1-25-18-10-3-15(4-11-18)5-12-19(22)20-16-6-8-17(9-7-16)21-13-2-14-26(21,23)24/h3-4,6-11H,2,5,12-14H2,1H3,(H,20,22). The summed E-state index contributed by atoms with van der Waals surface area (Å²) in [6, 6.07) is 14.5. The van der Waals surface area contributed by atoms with Crippen molar-refractivity contribution in [3.05, 3.63) is 54.1 Å². The summed E-state index contributed by atoms with van der Waals surface area (Å²) in [4.78, 5) is 12.1. The zero-order chi connectivity index (χ0) is 18.6. The third-order valence-electron chi connectivity index (χ3n) is 4.34. The molecular weight excluding hydrogens is 352 g/mol.